The van der Waals surface area contributed by atoms with Crippen molar-refractivity contribution in [2.75, 3.05) is 31.6 Å². The zero-order valence-electron chi connectivity index (χ0n) is 11.4. The van der Waals surface area contributed by atoms with Crippen LogP contribution < -0.4 is 10.6 Å². The molecule has 0 spiro atoms. The summed E-state index contributed by atoms with van der Waals surface area (Å²) in [6.45, 7) is 7.62. The molecule has 1 unspecified atom stereocenters. The molecule has 2 atom stereocenters. The topological polar surface area (TPSA) is 32.5 Å². The summed E-state index contributed by atoms with van der Waals surface area (Å²) in [7, 11) is 2.18. The van der Waals surface area contributed by atoms with Gasteiger partial charge in [0.1, 0.15) is 0 Å². The van der Waals surface area contributed by atoms with E-state index in [1.807, 2.05) is 6.92 Å². The molecule has 0 bridgehead atoms. The zero-order chi connectivity index (χ0) is 13.3. The van der Waals surface area contributed by atoms with E-state index in [9.17, 15) is 0 Å². The van der Waals surface area contributed by atoms with Crippen LogP contribution in [0, 0.1) is 0 Å². The molecular formula is C14H22BrN3. The Labute approximate surface area is 118 Å². The van der Waals surface area contributed by atoms with E-state index in [1.165, 1.54) is 11.3 Å². The molecule has 100 valence electrons. The standard InChI is InChI=1S/C14H22BrN3/c1-10-9-17(3)6-7-18(10)12-4-5-13(11(2)16)14(15)8-12/h4-5,8,10-11H,6-7,9,16H2,1-3H3/t10?,11-/m1/s1. The number of likely N-dealkylation sites (N-methyl/N-ethyl adjacent to an activating group) is 1. The quantitative estimate of drug-likeness (QED) is 0.911. The third-order valence-electron chi connectivity index (χ3n) is 3.64. The van der Waals surface area contributed by atoms with Crippen LogP contribution in [0.1, 0.15) is 25.5 Å². The molecule has 1 aromatic carbocycles. The van der Waals surface area contributed by atoms with Gasteiger partial charge in [0, 0.05) is 41.9 Å². The second-order valence-corrected chi connectivity index (χ2v) is 6.15. The number of halogens is 1. The van der Waals surface area contributed by atoms with Crippen LogP contribution >= 0.6 is 15.9 Å². The fraction of sp³-hybridized carbons (Fsp3) is 0.571. The minimum atomic E-state index is 0.0679. The SMILES string of the molecule is CC1CN(C)CCN1c1ccc([C@@H](C)N)c(Br)c1. The molecule has 2 N–H and O–H groups in total. The Morgan fingerprint density at radius 1 is 1.39 bits per heavy atom. The Kier molecular flexibility index (Phi) is 4.30. The van der Waals surface area contributed by atoms with E-state index in [1.54, 1.807) is 0 Å². The normalized spacial score (nSPS) is 23.2. The lowest BCUT2D eigenvalue weighted by Gasteiger charge is -2.40. The van der Waals surface area contributed by atoms with Crippen molar-refractivity contribution in [1.29, 1.82) is 0 Å². The van der Waals surface area contributed by atoms with E-state index >= 15 is 0 Å². The van der Waals surface area contributed by atoms with Crippen molar-refractivity contribution in [2.24, 2.45) is 5.73 Å². The second kappa shape index (κ2) is 5.59. The summed E-state index contributed by atoms with van der Waals surface area (Å²) in [6.07, 6.45) is 0. The van der Waals surface area contributed by atoms with Gasteiger partial charge in [-0.15, -0.1) is 0 Å². The number of hydrogen-bond acceptors (Lipinski definition) is 3. The lowest BCUT2D eigenvalue weighted by molar-refractivity contribution is 0.275. The lowest BCUT2D eigenvalue weighted by atomic mass is 10.1. The zero-order valence-corrected chi connectivity index (χ0v) is 12.9. The molecule has 0 saturated carbocycles. The first-order valence-corrected chi connectivity index (χ1v) is 7.28. The molecule has 0 aromatic heterocycles. The third kappa shape index (κ3) is 2.87. The number of nitrogens with zero attached hydrogens (tertiary/aromatic N) is 2. The van der Waals surface area contributed by atoms with Crippen LogP contribution in [0.15, 0.2) is 22.7 Å². The van der Waals surface area contributed by atoms with Crippen LogP contribution in [0.3, 0.4) is 0 Å². The lowest BCUT2D eigenvalue weighted by Crippen LogP contribution is -2.50. The first-order chi connectivity index (χ1) is 8.49. The van der Waals surface area contributed by atoms with Gasteiger partial charge in [0.05, 0.1) is 0 Å². The van der Waals surface area contributed by atoms with Gasteiger partial charge in [-0.1, -0.05) is 22.0 Å². The molecule has 1 heterocycles. The Hall–Kier alpha value is -0.580. The van der Waals surface area contributed by atoms with Gasteiger partial charge in [-0.2, -0.15) is 0 Å². The summed E-state index contributed by atoms with van der Waals surface area (Å²) >= 11 is 3.63. The summed E-state index contributed by atoms with van der Waals surface area (Å²) in [5, 5.41) is 0. The molecule has 1 saturated heterocycles. The summed E-state index contributed by atoms with van der Waals surface area (Å²) in [4.78, 5) is 4.85. The molecule has 3 nitrogen and oxygen atoms in total. The fourth-order valence-corrected chi connectivity index (χ4v) is 3.32. The van der Waals surface area contributed by atoms with E-state index in [-0.39, 0.29) is 6.04 Å². The third-order valence-corrected chi connectivity index (χ3v) is 4.32. The largest absolute Gasteiger partial charge is 0.366 e. The van der Waals surface area contributed by atoms with E-state index in [4.69, 9.17) is 5.73 Å². The molecule has 2 rings (SSSR count). The van der Waals surface area contributed by atoms with Crippen molar-refractivity contribution in [3.8, 4) is 0 Å². The highest BCUT2D eigenvalue weighted by molar-refractivity contribution is 9.10. The number of nitrogens with two attached hydrogens (primary N) is 1. The molecule has 1 aliphatic heterocycles. The first-order valence-electron chi connectivity index (χ1n) is 6.49. The summed E-state index contributed by atoms with van der Waals surface area (Å²) in [5.74, 6) is 0. The molecule has 4 heteroatoms. The maximum absolute atomic E-state index is 5.94. The maximum atomic E-state index is 5.94. The van der Waals surface area contributed by atoms with Crippen molar-refractivity contribution in [2.45, 2.75) is 25.9 Å². The number of piperazine rings is 1. The smallest absolute Gasteiger partial charge is 0.0389 e. The summed E-state index contributed by atoms with van der Waals surface area (Å²) in [6, 6.07) is 7.14. The number of benzene rings is 1. The van der Waals surface area contributed by atoms with Crippen LogP contribution in [-0.2, 0) is 0 Å². The van der Waals surface area contributed by atoms with Gasteiger partial charge >= 0.3 is 0 Å². The van der Waals surface area contributed by atoms with Crippen LogP contribution in [0.4, 0.5) is 5.69 Å². The van der Waals surface area contributed by atoms with Gasteiger partial charge in [-0.3, -0.25) is 0 Å². The Morgan fingerprint density at radius 3 is 2.67 bits per heavy atom. The Balaban J connectivity index is 2.21. The van der Waals surface area contributed by atoms with Crippen LogP contribution in [0.5, 0.6) is 0 Å². The minimum Gasteiger partial charge on any atom is -0.366 e. The highest BCUT2D eigenvalue weighted by Gasteiger charge is 2.22. The van der Waals surface area contributed by atoms with Gasteiger partial charge in [0.15, 0.2) is 0 Å². The fourth-order valence-electron chi connectivity index (χ4n) is 2.59. The molecule has 18 heavy (non-hydrogen) atoms. The molecule has 0 radical (unpaired) electrons. The molecule has 1 aromatic rings. The van der Waals surface area contributed by atoms with Crippen molar-refractivity contribution in [3.63, 3.8) is 0 Å². The predicted molar refractivity (Wildman–Crippen MR) is 81.0 cm³/mol. The number of hydrogen-bond donors (Lipinski definition) is 1. The van der Waals surface area contributed by atoms with Crippen LogP contribution in [-0.4, -0.2) is 37.6 Å². The average Bonchev–Trinajstić information content (AvgIpc) is 2.28. The van der Waals surface area contributed by atoms with Gasteiger partial charge in [0.2, 0.25) is 0 Å². The second-order valence-electron chi connectivity index (χ2n) is 5.30. The van der Waals surface area contributed by atoms with Gasteiger partial charge in [0.25, 0.3) is 0 Å². The summed E-state index contributed by atoms with van der Waals surface area (Å²) in [5.41, 5.74) is 8.39. The average molecular weight is 312 g/mol. The molecule has 0 aliphatic carbocycles. The van der Waals surface area contributed by atoms with E-state index < -0.39 is 0 Å². The van der Waals surface area contributed by atoms with Gasteiger partial charge in [-0.25, -0.2) is 0 Å². The van der Waals surface area contributed by atoms with Crippen molar-refractivity contribution in [1.82, 2.24) is 4.90 Å². The Bertz CT molecular complexity index is 420. The highest BCUT2D eigenvalue weighted by Crippen LogP contribution is 2.29. The Morgan fingerprint density at radius 2 is 2.11 bits per heavy atom. The summed E-state index contributed by atoms with van der Waals surface area (Å²) < 4.78 is 1.11. The van der Waals surface area contributed by atoms with Gasteiger partial charge in [-0.05, 0) is 38.6 Å². The number of rotatable bonds is 2. The number of anilines is 1. The van der Waals surface area contributed by atoms with E-state index in [0.717, 1.165) is 24.1 Å². The van der Waals surface area contributed by atoms with E-state index in [0.29, 0.717) is 6.04 Å². The monoisotopic (exact) mass is 311 g/mol. The van der Waals surface area contributed by atoms with E-state index in [2.05, 4.69) is 57.9 Å². The minimum absolute atomic E-state index is 0.0679. The molecule has 0 amide bonds. The highest BCUT2D eigenvalue weighted by atomic mass is 79.9. The van der Waals surface area contributed by atoms with Crippen LogP contribution in [0.25, 0.3) is 0 Å². The van der Waals surface area contributed by atoms with Gasteiger partial charge < -0.3 is 15.5 Å². The molecule has 1 aliphatic rings. The predicted octanol–water partition coefficient (Wildman–Crippen LogP) is 2.61. The van der Waals surface area contributed by atoms with Crippen LogP contribution in [0.2, 0.25) is 0 Å². The molecule has 1 fully saturated rings. The maximum Gasteiger partial charge on any atom is 0.0389 e. The molecular weight excluding hydrogens is 290 g/mol. The van der Waals surface area contributed by atoms with Crippen molar-refractivity contribution < 1.29 is 0 Å². The van der Waals surface area contributed by atoms with Crippen molar-refractivity contribution >= 4 is 21.6 Å². The van der Waals surface area contributed by atoms with Crippen molar-refractivity contribution in [3.05, 3.63) is 28.2 Å². The first kappa shape index (κ1) is 13.8.